The van der Waals surface area contributed by atoms with Crippen molar-refractivity contribution >= 4 is 15.8 Å². The van der Waals surface area contributed by atoms with Crippen molar-refractivity contribution in [1.82, 2.24) is 15.2 Å². The number of nitrogens with zero attached hydrogens (tertiary/aromatic N) is 3. The minimum Gasteiger partial charge on any atom is -0.268 e. The molecule has 1 fully saturated rings. The normalized spacial score (nSPS) is 23.2. The Balaban J connectivity index is 1.68. The monoisotopic (exact) mass is 456 g/mol. The van der Waals surface area contributed by atoms with Gasteiger partial charge in [-0.3, -0.25) is 4.72 Å². The lowest BCUT2D eigenvalue weighted by atomic mass is 9.66. The van der Waals surface area contributed by atoms with Gasteiger partial charge in [0.05, 0.1) is 34.3 Å². The van der Waals surface area contributed by atoms with Crippen LogP contribution < -0.4 is 4.72 Å². The van der Waals surface area contributed by atoms with Crippen LogP contribution in [0.5, 0.6) is 0 Å². The lowest BCUT2D eigenvalue weighted by Crippen LogP contribution is -2.38. The standard InChI is InChI=1S/C23H22F2N4O2S/c1-22(2)14-10-11-23(22,18-8-5-9-19(26-18)29-32(3,30)31)21-13(14)12-17(27-28-21)20-15(24)6-4-7-16(20)25/h4-9,12,14H,10-11H2,1-3H3,(H,26,29)/t14-,23+/m0/s1. The van der Waals surface area contributed by atoms with Crippen LogP contribution in [0.25, 0.3) is 11.3 Å². The number of hydrogen-bond acceptors (Lipinski definition) is 5. The summed E-state index contributed by atoms with van der Waals surface area (Å²) in [4.78, 5) is 4.64. The van der Waals surface area contributed by atoms with Crippen LogP contribution in [0.2, 0.25) is 0 Å². The van der Waals surface area contributed by atoms with Crippen LogP contribution in [0.4, 0.5) is 14.6 Å². The van der Waals surface area contributed by atoms with Gasteiger partial charge in [0.2, 0.25) is 10.0 Å². The summed E-state index contributed by atoms with van der Waals surface area (Å²) in [5.74, 6) is -1.02. The summed E-state index contributed by atoms with van der Waals surface area (Å²) in [5, 5.41) is 8.70. The van der Waals surface area contributed by atoms with Crippen LogP contribution in [0, 0.1) is 17.0 Å². The highest BCUT2D eigenvalue weighted by atomic mass is 32.2. The fourth-order valence-corrected chi connectivity index (χ4v) is 6.17. The second-order valence-electron chi connectivity index (χ2n) is 9.13. The number of nitrogens with one attached hydrogen (secondary N) is 1. The number of anilines is 1. The fraction of sp³-hybridized carbons (Fsp3) is 0.348. The minimum absolute atomic E-state index is 0.106. The van der Waals surface area contributed by atoms with Crippen LogP contribution in [-0.4, -0.2) is 29.9 Å². The van der Waals surface area contributed by atoms with E-state index >= 15 is 0 Å². The van der Waals surface area contributed by atoms with E-state index in [0.717, 1.165) is 30.4 Å². The average Bonchev–Trinajstić information content (AvgIpc) is 3.08. The molecule has 3 aromatic rings. The third-order valence-electron chi connectivity index (χ3n) is 7.08. The number of fused-ring (bicyclic) bond motifs is 5. The van der Waals surface area contributed by atoms with Crippen molar-refractivity contribution in [3.63, 3.8) is 0 Å². The van der Waals surface area contributed by atoms with Crippen molar-refractivity contribution in [3.8, 4) is 11.3 Å². The second kappa shape index (κ2) is 6.78. The molecule has 2 aliphatic carbocycles. The van der Waals surface area contributed by atoms with Gasteiger partial charge in [0, 0.05) is 0 Å². The lowest BCUT2D eigenvalue weighted by molar-refractivity contribution is 0.243. The summed E-state index contributed by atoms with van der Waals surface area (Å²) >= 11 is 0. The number of pyridine rings is 1. The van der Waals surface area contributed by atoms with Gasteiger partial charge >= 0.3 is 0 Å². The van der Waals surface area contributed by atoms with Crippen LogP contribution >= 0.6 is 0 Å². The number of hydrogen-bond donors (Lipinski definition) is 1. The molecule has 0 amide bonds. The summed E-state index contributed by atoms with van der Waals surface area (Å²) in [7, 11) is -3.48. The molecule has 6 nitrogen and oxygen atoms in total. The van der Waals surface area contributed by atoms with Crippen molar-refractivity contribution in [1.29, 1.82) is 0 Å². The summed E-state index contributed by atoms with van der Waals surface area (Å²) < 4.78 is 54.6. The van der Waals surface area contributed by atoms with Crippen molar-refractivity contribution in [2.75, 3.05) is 11.0 Å². The summed E-state index contributed by atoms with van der Waals surface area (Å²) in [6, 6.07) is 10.7. The highest BCUT2D eigenvalue weighted by molar-refractivity contribution is 7.92. The highest BCUT2D eigenvalue weighted by Gasteiger charge is 2.65. The van der Waals surface area contributed by atoms with Gasteiger partial charge in [-0.2, -0.15) is 5.10 Å². The Morgan fingerprint density at radius 2 is 1.75 bits per heavy atom. The maximum Gasteiger partial charge on any atom is 0.230 e. The van der Waals surface area contributed by atoms with E-state index in [1.165, 1.54) is 18.2 Å². The zero-order valence-electron chi connectivity index (χ0n) is 17.9. The smallest absolute Gasteiger partial charge is 0.230 e. The van der Waals surface area contributed by atoms with Gasteiger partial charge in [0.15, 0.2) is 0 Å². The van der Waals surface area contributed by atoms with E-state index in [2.05, 4.69) is 33.8 Å². The van der Waals surface area contributed by atoms with Crippen molar-refractivity contribution < 1.29 is 17.2 Å². The average molecular weight is 457 g/mol. The fourth-order valence-electron chi connectivity index (χ4n) is 5.68. The van der Waals surface area contributed by atoms with Crippen molar-refractivity contribution in [2.45, 2.75) is 38.0 Å². The molecule has 0 spiro atoms. The molecule has 2 heterocycles. The number of halogens is 2. The number of rotatable bonds is 4. The van der Waals surface area contributed by atoms with Gasteiger partial charge in [-0.1, -0.05) is 26.0 Å². The molecule has 5 rings (SSSR count). The van der Waals surface area contributed by atoms with Crippen LogP contribution in [0.15, 0.2) is 42.5 Å². The van der Waals surface area contributed by atoms with Gasteiger partial charge in [-0.25, -0.2) is 22.2 Å². The predicted molar refractivity (Wildman–Crippen MR) is 117 cm³/mol. The van der Waals surface area contributed by atoms with E-state index in [9.17, 15) is 17.2 Å². The Hall–Kier alpha value is -2.94. The largest absolute Gasteiger partial charge is 0.268 e. The summed E-state index contributed by atoms with van der Waals surface area (Å²) in [6.07, 6.45) is 2.71. The first-order chi connectivity index (χ1) is 15.0. The Labute approximate surface area is 185 Å². The molecule has 2 aliphatic rings. The first-order valence-electron chi connectivity index (χ1n) is 10.3. The van der Waals surface area contributed by atoms with E-state index in [4.69, 9.17) is 0 Å². The number of sulfonamides is 1. The molecule has 1 aromatic carbocycles. The molecule has 166 valence electrons. The van der Waals surface area contributed by atoms with E-state index in [0.29, 0.717) is 5.69 Å². The van der Waals surface area contributed by atoms with Crippen molar-refractivity contribution in [3.05, 3.63) is 71.1 Å². The molecule has 1 N–H and O–H groups in total. The molecule has 2 aromatic heterocycles. The summed E-state index contributed by atoms with van der Waals surface area (Å²) in [5.41, 5.74) is 1.46. The Morgan fingerprint density at radius 3 is 2.44 bits per heavy atom. The minimum atomic E-state index is -3.48. The zero-order valence-corrected chi connectivity index (χ0v) is 18.7. The first kappa shape index (κ1) is 20.9. The van der Waals surface area contributed by atoms with Crippen molar-refractivity contribution in [2.24, 2.45) is 5.41 Å². The molecular weight excluding hydrogens is 434 g/mol. The van der Waals surface area contributed by atoms with Crippen LogP contribution in [0.3, 0.4) is 0 Å². The van der Waals surface area contributed by atoms with Gasteiger partial charge < -0.3 is 0 Å². The van der Waals surface area contributed by atoms with E-state index < -0.39 is 27.1 Å². The Kier molecular flexibility index (Phi) is 4.43. The third-order valence-corrected chi connectivity index (χ3v) is 7.66. The van der Waals surface area contributed by atoms with Gasteiger partial charge in [-0.05, 0) is 60.1 Å². The molecular formula is C23H22F2N4O2S. The van der Waals surface area contributed by atoms with Crippen LogP contribution in [-0.2, 0) is 15.4 Å². The molecule has 9 heteroatoms. The molecule has 2 bridgehead atoms. The van der Waals surface area contributed by atoms with E-state index in [1.54, 1.807) is 18.2 Å². The van der Waals surface area contributed by atoms with E-state index in [-0.39, 0.29) is 28.4 Å². The number of benzene rings is 1. The number of aromatic nitrogens is 3. The predicted octanol–water partition coefficient (Wildman–Crippen LogP) is 4.39. The van der Waals surface area contributed by atoms with Gasteiger partial charge in [0.25, 0.3) is 0 Å². The maximum absolute atomic E-state index is 14.4. The zero-order chi connectivity index (χ0) is 22.9. The quantitative estimate of drug-likeness (QED) is 0.629. The molecule has 1 saturated carbocycles. The lowest BCUT2D eigenvalue weighted by Gasteiger charge is -2.37. The van der Waals surface area contributed by atoms with Crippen LogP contribution in [0.1, 0.15) is 49.6 Å². The van der Waals surface area contributed by atoms with Gasteiger partial charge in [-0.15, -0.1) is 5.10 Å². The Morgan fingerprint density at radius 1 is 1.06 bits per heavy atom. The molecule has 32 heavy (non-hydrogen) atoms. The Bertz CT molecular complexity index is 1340. The first-order valence-corrected chi connectivity index (χ1v) is 12.2. The topological polar surface area (TPSA) is 84.8 Å². The molecule has 0 unspecified atom stereocenters. The third kappa shape index (κ3) is 2.87. The highest BCUT2D eigenvalue weighted by Crippen LogP contribution is 2.69. The van der Waals surface area contributed by atoms with Gasteiger partial charge in [0.1, 0.15) is 17.5 Å². The molecule has 0 radical (unpaired) electrons. The SMILES string of the molecule is CC1(C)[C@H]2CC[C@@]1(c1cccc(NS(C)(=O)=O)n1)c1nnc(-c3c(F)cccc3F)cc12. The van der Waals surface area contributed by atoms with E-state index in [1.807, 2.05) is 6.07 Å². The summed E-state index contributed by atoms with van der Waals surface area (Å²) in [6.45, 7) is 4.27. The molecule has 0 aliphatic heterocycles. The maximum atomic E-state index is 14.4. The molecule has 0 saturated heterocycles. The second-order valence-corrected chi connectivity index (χ2v) is 10.9. The molecule has 2 atom stereocenters.